The van der Waals surface area contributed by atoms with Crippen molar-refractivity contribution in [3.63, 3.8) is 0 Å². The van der Waals surface area contributed by atoms with Crippen LogP contribution in [0.3, 0.4) is 0 Å². The van der Waals surface area contributed by atoms with Crippen molar-refractivity contribution in [3.8, 4) is 11.5 Å². The highest BCUT2D eigenvalue weighted by Gasteiger charge is 2.33. The number of hydrogen-bond acceptors (Lipinski definition) is 3. The van der Waals surface area contributed by atoms with Crippen molar-refractivity contribution in [2.75, 3.05) is 6.54 Å². The van der Waals surface area contributed by atoms with Gasteiger partial charge in [0.25, 0.3) is 0 Å². The van der Waals surface area contributed by atoms with Crippen LogP contribution in [0.5, 0.6) is 11.5 Å². The summed E-state index contributed by atoms with van der Waals surface area (Å²) >= 11 is 0. The van der Waals surface area contributed by atoms with Gasteiger partial charge in [0.2, 0.25) is 0 Å². The molecular weight excluding hydrogens is 238 g/mol. The third-order valence-electron chi connectivity index (χ3n) is 3.26. The maximum Gasteiger partial charge on any atom is 0.125 e. The molecule has 1 unspecified atom stereocenters. The zero-order valence-corrected chi connectivity index (χ0v) is 12.6. The highest BCUT2D eigenvalue weighted by atomic mass is 16.5. The van der Waals surface area contributed by atoms with Crippen LogP contribution in [0.4, 0.5) is 0 Å². The van der Waals surface area contributed by atoms with Gasteiger partial charge in [0.05, 0.1) is 6.10 Å². The summed E-state index contributed by atoms with van der Waals surface area (Å²) in [5.74, 6) is 1.89. The monoisotopic (exact) mass is 263 g/mol. The third-order valence-corrected chi connectivity index (χ3v) is 3.26. The van der Waals surface area contributed by atoms with E-state index in [0.29, 0.717) is 6.04 Å². The molecule has 19 heavy (non-hydrogen) atoms. The van der Waals surface area contributed by atoms with Crippen LogP contribution in [0.1, 0.15) is 52.6 Å². The molecule has 0 fully saturated rings. The molecule has 0 saturated carbocycles. The summed E-state index contributed by atoms with van der Waals surface area (Å²) in [4.78, 5) is 0. The summed E-state index contributed by atoms with van der Waals surface area (Å²) < 4.78 is 11.8. The van der Waals surface area contributed by atoms with E-state index in [-0.39, 0.29) is 11.7 Å². The van der Waals surface area contributed by atoms with E-state index in [1.54, 1.807) is 0 Å². The zero-order chi connectivity index (χ0) is 14.0. The van der Waals surface area contributed by atoms with Crippen molar-refractivity contribution in [1.82, 2.24) is 5.32 Å². The second-order valence-electron chi connectivity index (χ2n) is 6.04. The van der Waals surface area contributed by atoms with Gasteiger partial charge in [-0.05, 0) is 52.4 Å². The second kappa shape index (κ2) is 5.41. The lowest BCUT2D eigenvalue weighted by Gasteiger charge is -2.38. The van der Waals surface area contributed by atoms with Crippen LogP contribution in [-0.4, -0.2) is 18.2 Å². The summed E-state index contributed by atoms with van der Waals surface area (Å²) in [6, 6.07) is 6.46. The average molecular weight is 263 g/mol. The van der Waals surface area contributed by atoms with E-state index in [1.165, 1.54) is 5.56 Å². The Labute approximate surface area is 116 Å². The van der Waals surface area contributed by atoms with Crippen molar-refractivity contribution < 1.29 is 9.47 Å². The first-order chi connectivity index (χ1) is 8.91. The standard InChI is InChI=1S/C16H25NO2/c1-6-17-14-10-16(4,5)19-15-8-7-12(9-13(14)15)18-11(2)3/h7-9,11,14,17H,6,10H2,1-5H3. The fraction of sp³-hybridized carbons (Fsp3) is 0.625. The number of benzene rings is 1. The Bertz CT molecular complexity index is 440. The normalized spacial score (nSPS) is 20.8. The molecule has 0 radical (unpaired) electrons. The molecule has 1 aliphatic heterocycles. The van der Waals surface area contributed by atoms with Crippen molar-refractivity contribution >= 4 is 0 Å². The summed E-state index contributed by atoms with van der Waals surface area (Å²) in [6.45, 7) is 11.4. The molecule has 1 atom stereocenters. The van der Waals surface area contributed by atoms with E-state index in [9.17, 15) is 0 Å². The second-order valence-corrected chi connectivity index (χ2v) is 6.04. The summed E-state index contributed by atoms with van der Waals surface area (Å²) in [6.07, 6.45) is 1.16. The Morgan fingerprint density at radius 2 is 2.16 bits per heavy atom. The van der Waals surface area contributed by atoms with Gasteiger partial charge in [-0.15, -0.1) is 0 Å². The van der Waals surface area contributed by atoms with Crippen LogP contribution in [0.25, 0.3) is 0 Å². The van der Waals surface area contributed by atoms with Crippen molar-refractivity contribution in [2.24, 2.45) is 0 Å². The van der Waals surface area contributed by atoms with Crippen LogP contribution >= 0.6 is 0 Å². The van der Waals surface area contributed by atoms with Gasteiger partial charge in [0, 0.05) is 18.0 Å². The van der Waals surface area contributed by atoms with Crippen LogP contribution in [-0.2, 0) is 0 Å². The Morgan fingerprint density at radius 3 is 2.79 bits per heavy atom. The van der Waals surface area contributed by atoms with Crippen LogP contribution in [0, 0.1) is 0 Å². The third kappa shape index (κ3) is 3.41. The zero-order valence-electron chi connectivity index (χ0n) is 12.6. The molecule has 0 saturated heterocycles. The SMILES string of the molecule is CCNC1CC(C)(C)Oc2ccc(OC(C)C)cc21. The highest BCUT2D eigenvalue weighted by Crippen LogP contribution is 2.41. The topological polar surface area (TPSA) is 30.5 Å². The van der Waals surface area contributed by atoms with Gasteiger partial charge in [-0.2, -0.15) is 0 Å². The molecule has 3 heteroatoms. The van der Waals surface area contributed by atoms with Gasteiger partial charge in [-0.1, -0.05) is 6.92 Å². The minimum atomic E-state index is -0.125. The molecule has 106 valence electrons. The molecule has 1 aromatic rings. The van der Waals surface area contributed by atoms with Gasteiger partial charge in [-0.25, -0.2) is 0 Å². The molecular formula is C16H25NO2. The largest absolute Gasteiger partial charge is 0.491 e. The lowest BCUT2D eigenvalue weighted by Crippen LogP contribution is -2.39. The predicted molar refractivity (Wildman–Crippen MR) is 77.9 cm³/mol. The molecule has 0 aliphatic carbocycles. The van der Waals surface area contributed by atoms with E-state index in [2.05, 4.69) is 32.2 Å². The maximum absolute atomic E-state index is 6.06. The molecule has 0 aromatic heterocycles. The Kier molecular flexibility index (Phi) is 4.04. The summed E-state index contributed by atoms with van der Waals surface area (Å²) in [5, 5.41) is 3.54. The molecule has 1 N–H and O–H groups in total. The fourth-order valence-corrected chi connectivity index (χ4v) is 2.61. The van der Waals surface area contributed by atoms with E-state index in [4.69, 9.17) is 9.47 Å². The predicted octanol–water partition coefficient (Wildman–Crippen LogP) is 3.69. The van der Waals surface area contributed by atoms with Crippen LogP contribution < -0.4 is 14.8 Å². The number of hydrogen-bond donors (Lipinski definition) is 1. The summed E-state index contributed by atoms with van der Waals surface area (Å²) in [7, 11) is 0. The van der Waals surface area contributed by atoms with Crippen molar-refractivity contribution in [1.29, 1.82) is 0 Å². The first-order valence-electron chi connectivity index (χ1n) is 7.14. The molecule has 0 bridgehead atoms. The van der Waals surface area contributed by atoms with Crippen molar-refractivity contribution in [2.45, 2.75) is 58.8 Å². The quantitative estimate of drug-likeness (QED) is 0.898. The smallest absolute Gasteiger partial charge is 0.125 e. The average Bonchev–Trinajstić information content (AvgIpc) is 2.28. The first-order valence-corrected chi connectivity index (χ1v) is 7.14. The molecule has 1 aliphatic rings. The number of nitrogens with one attached hydrogen (secondary N) is 1. The van der Waals surface area contributed by atoms with Gasteiger partial charge in [-0.3, -0.25) is 0 Å². The molecule has 0 spiro atoms. The maximum atomic E-state index is 6.06. The van der Waals surface area contributed by atoms with Crippen molar-refractivity contribution in [3.05, 3.63) is 23.8 Å². The molecule has 1 aromatic carbocycles. The Balaban J connectivity index is 2.32. The lowest BCUT2D eigenvalue weighted by molar-refractivity contribution is 0.0661. The van der Waals surface area contributed by atoms with E-state index in [0.717, 1.165) is 24.5 Å². The molecule has 3 nitrogen and oxygen atoms in total. The van der Waals surface area contributed by atoms with Gasteiger partial charge in [0.1, 0.15) is 17.1 Å². The van der Waals surface area contributed by atoms with Crippen LogP contribution in [0.15, 0.2) is 18.2 Å². The molecule has 2 rings (SSSR count). The van der Waals surface area contributed by atoms with Crippen LogP contribution in [0.2, 0.25) is 0 Å². The van der Waals surface area contributed by atoms with Gasteiger partial charge < -0.3 is 14.8 Å². The Hall–Kier alpha value is -1.22. The van der Waals surface area contributed by atoms with E-state index in [1.807, 2.05) is 26.0 Å². The van der Waals surface area contributed by atoms with E-state index < -0.39 is 0 Å². The number of fused-ring (bicyclic) bond motifs is 1. The minimum absolute atomic E-state index is 0.125. The first kappa shape index (κ1) is 14.2. The highest BCUT2D eigenvalue weighted by molar-refractivity contribution is 5.44. The molecule has 0 amide bonds. The van der Waals surface area contributed by atoms with Gasteiger partial charge in [0.15, 0.2) is 0 Å². The number of rotatable bonds is 4. The Morgan fingerprint density at radius 1 is 1.42 bits per heavy atom. The lowest BCUT2D eigenvalue weighted by atomic mass is 9.89. The fourth-order valence-electron chi connectivity index (χ4n) is 2.61. The number of ether oxygens (including phenoxy) is 2. The molecule has 1 heterocycles. The summed E-state index contributed by atoms with van der Waals surface area (Å²) in [5.41, 5.74) is 1.08. The van der Waals surface area contributed by atoms with Gasteiger partial charge >= 0.3 is 0 Å². The van der Waals surface area contributed by atoms with E-state index >= 15 is 0 Å². The minimum Gasteiger partial charge on any atom is -0.491 e.